The molecule has 1 saturated heterocycles. The molecule has 2 N–H and O–H groups in total. The summed E-state index contributed by atoms with van der Waals surface area (Å²) in [5.41, 5.74) is 0. The summed E-state index contributed by atoms with van der Waals surface area (Å²) < 4.78 is 0. The van der Waals surface area contributed by atoms with Crippen LogP contribution in [0.15, 0.2) is 5.16 Å². The van der Waals surface area contributed by atoms with Crippen molar-refractivity contribution in [3.8, 4) is 0 Å². The van der Waals surface area contributed by atoms with Crippen LogP contribution in [0.1, 0.15) is 0 Å². The number of oxime groups is 1. The lowest BCUT2D eigenvalue weighted by atomic mass is 10.3. The van der Waals surface area contributed by atoms with E-state index in [9.17, 15) is 4.79 Å². The Labute approximate surface area is 69.3 Å². The zero-order valence-electron chi connectivity index (χ0n) is 6.42. The molecule has 1 amide bonds. The average molecular weight is 170 g/mol. The van der Waals surface area contributed by atoms with Gasteiger partial charge < -0.3 is 15.2 Å². The van der Waals surface area contributed by atoms with Crippen molar-refractivity contribution in [3.05, 3.63) is 0 Å². The van der Waals surface area contributed by atoms with Crippen molar-refractivity contribution in [2.45, 2.75) is 0 Å². The molecule has 2 fully saturated rings. The lowest BCUT2D eigenvalue weighted by Gasteiger charge is -2.13. The number of carbonyl (C=O) groups is 1. The Morgan fingerprint density at radius 3 is 2.50 bits per heavy atom. The second-order valence-electron chi connectivity index (χ2n) is 3.36. The van der Waals surface area contributed by atoms with Gasteiger partial charge in [-0.25, -0.2) is 4.79 Å². The molecule has 3 atom stereocenters. The van der Waals surface area contributed by atoms with Crippen LogP contribution < -0.4 is 0 Å². The molecule has 5 heteroatoms. The molecule has 0 aromatic carbocycles. The van der Waals surface area contributed by atoms with Crippen LogP contribution in [0, 0.1) is 17.8 Å². The number of piperidine rings is 1. The first-order chi connectivity index (χ1) is 5.74. The zero-order chi connectivity index (χ0) is 8.72. The van der Waals surface area contributed by atoms with E-state index in [0.29, 0.717) is 30.8 Å². The van der Waals surface area contributed by atoms with Crippen molar-refractivity contribution in [2.24, 2.45) is 22.9 Å². The third-order valence-electron chi connectivity index (χ3n) is 2.77. The molecule has 1 aliphatic carbocycles. The standard InChI is InChI=1S/C7H10N2O3/c10-7(11)9-2-5-4(1-8-12)6(5)3-9/h1,4-6,12H,2-3H2,(H,10,11)/b8-1+/t4?,5-,6+. The van der Waals surface area contributed by atoms with Crippen LogP contribution in [0.5, 0.6) is 0 Å². The second kappa shape index (κ2) is 2.36. The van der Waals surface area contributed by atoms with Crippen LogP contribution in [0.4, 0.5) is 4.79 Å². The molecule has 0 bridgehead atoms. The molecule has 2 aliphatic rings. The third-order valence-corrected chi connectivity index (χ3v) is 2.77. The lowest BCUT2D eigenvalue weighted by molar-refractivity contribution is 0.150. The summed E-state index contributed by atoms with van der Waals surface area (Å²) >= 11 is 0. The molecule has 1 aliphatic heterocycles. The largest absolute Gasteiger partial charge is 0.465 e. The van der Waals surface area contributed by atoms with Crippen molar-refractivity contribution in [1.29, 1.82) is 0 Å². The predicted octanol–water partition coefficient (Wildman–Crippen LogP) is 0.302. The van der Waals surface area contributed by atoms with Gasteiger partial charge in [-0.1, -0.05) is 0 Å². The van der Waals surface area contributed by atoms with Gasteiger partial charge in [-0.3, -0.25) is 0 Å². The highest BCUT2D eigenvalue weighted by Gasteiger charge is 2.56. The first kappa shape index (κ1) is 7.39. The highest BCUT2D eigenvalue weighted by Crippen LogP contribution is 2.50. The smallest absolute Gasteiger partial charge is 0.407 e. The predicted molar refractivity (Wildman–Crippen MR) is 40.3 cm³/mol. The molecule has 66 valence electrons. The lowest BCUT2D eigenvalue weighted by Crippen LogP contribution is -2.29. The maximum Gasteiger partial charge on any atom is 0.407 e. The zero-order valence-corrected chi connectivity index (χ0v) is 6.42. The van der Waals surface area contributed by atoms with Gasteiger partial charge in [0.2, 0.25) is 0 Å². The molecule has 0 spiro atoms. The fourth-order valence-corrected chi connectivity index (χ4v) is 2.03. The van der Waals surface area contributed by atoms with Gasteiger partial charge in [0.05, 0.1) is 0 Å². The van der Waals surface area contributed by atoms with E-state index in [1.54, 1.807) is 0 Å². The maximum atomic E-state index is 10.5. The summed E-state index contributed by atoms with van der Waals surface area (Å²) in [4.78, 5) is 11.9. The Hall–Kier alpha value is -1.26. The Bertz CT molecular complexity index is 229. The summed E-state index contributed by atoms with van der Waals surface area (Å²) in [5.74, 6) is 1.11. The van der Waals surface area contributed by atoms with Crippen molar-refractivity contribution >= 4 is 12.3 Å². The molecule has 1 heterocycles. The van der Waals surface area contributed by atoms with E-state index in [0.717, 1.165) is 0 Å². The number of hydrogen-bond donors (Lipinski definition) is 2. The summed E-state index contributed by atoms with van der Waals surface area (Å²) in [6, 6.07) is 0. The molecule has 0 aromatic heterocycles. The van der Waals surface area contributed by atoms with Gasteiger partial charge in [-0.15, -0.1) is 5.16 Å². The highest BCUT2D eigenvalue weighted by molar-refractivity contribution is 5.69. The Kier molecular flexibility index (Phi) is 1.46. The van der Waals surface area contributed by atoms with E-state index in [4.69, 9.17) is 10.3 Å². The van der Waals surface area contributed by atoms with Crippen LogP contribution >= 0.6 is 0 Å². The molecule has 5 nitrogen and oxygen atoms in total. The normalized spacial score (nSPS) is 38.7. The average Bonchev–Trinajstić information content (AvgIpc) is 2.51. The van der Waals surface area contributed by atoms with E-state index in [1.165, 1.54) is 11.1 Å². The summed E-state index contributed by atoms with van der Waals surface area (Å²) in [6.45, 7) is 1.19. The van der Waals surface area contributed by atoms with Crippen LogP contribution in [-0.4, -0.2) is 40.6 Å². The fraction of sp³-hybridized carbons (Fsp3) is 0.714. The number of nitrogens with zero attached hydrogens (tertiary/aromatic N) is 2. The Morgan fingerprint density at radius 2 is 2.08 bits per heavy atom. The molecular formula is C7H10N2O3. The molecule has 1 unspecified atom stereocenters. The van der Waals surface area contributed by atoms with Crippen molar-refractivity contribution in [2.75, 3.05) is 13.1 Å². The minimum Gasteiger partial charge on any atom is -0.465 e. The maximum absolute atomic E-state index is 10.5. The quantitative estimate of drug-likeness (QED) is 0.337. The van der Waals surface area contributed by atoms with Crippen LogP contribution in [0.25, 0.3) is 0 Å². The minimum absolute atomic E-state index is 0.311. The van der Waals surface area contributed by atoms with Gasteiger partial charge in [-0.2, -0.15) is 0 Å². The van der Waals surface area contributed by atoms with Crippen molar-refractivity contribution in [1.82, 2.24) is 4.90 Å². The first-order valence-corrected chi connectivity index (χ1v) is 3.89. The van der Waals surface area contributed by atoms with Gasteiger partial charge in [0.1, 0.15) is 0 Å². The SMILES string of the molecule is O=C(O)N1C[C@@H]2C(/C=N/O)[C@@H]2C1. The molecule has 0 radical (unpaired) electrons. The summed E-state index contributed by atoms with van der Waals surface area (Å²) in [7, 11) is 0. The number of amides is 1. The van der Waals surface area contributed by atoms with Gasteiger partial charge in [-0.05, 0) is 11.8 Å². The molecule has 12 heavy (non-hydrogen) atoms. The van der Waals surface area contributed by atoms with Gasteiger partial charge in [0.25, 0.3) is 0 Å². The minimum atomic E-state index is -0.845. The Balaban J connectivity index is 1.90. The monoisotopic (exact) mass is 170 g/mol. The fourth-order valence-electron chi connectivity index (χ4n) is 2.03. The molecule has 1 saturated carbocycles. The van der Waals surface area contributed by atoms with Gasteiger partial charge in [0.15, 0.2) is 0 Å². The first-order valence-electron chi connectivity index (χ1n) is 3.89. The van der Waals surface area contributed by atoms with E-state index < -0.39 is 6.09 Å². The van der Waals surface area contributed by atoms with Crippen molar-refractivity contribution < 1.29 is 15.1 Å². The molecule has 0 aromatic rings. The third kappa shape index (κ3) is 0.929. The number of likely N-dealkylation sites (tertiary alicyclic amines) is 1. The number of carboxylic acid groups (broad SMARTS) is 1. The topological polar surface area (TPSA) is 73.1 Å². The van der Waals surface area contributed by atoms with E-state index in [1.807, 2.05) is 0 Å². The summed E-state index contributed by atoms with van der Waals surface area (Å²) in [6.07, 6.45) is 0.663. The number of fused-ring (bicyclic) bond motifs is 1. The van der Waals surface area contributed by atoms with E-state index in [2.05, 4.69) is 5.16 Å². The Morgan fingerprint density at radius 1 is 1.50 bits per heavy atom. The second-order valence-corrected chi connectivity index (χ2v) is 3.36. The van der Waals surface area contributed by atoms with Crippen LogP contribution in [-0.2, 0) is 0 Å². The highest BCUT2D eigenvalue weighted by atomic mass is 16.4. The van der Waals surface area contributed by atoms with E-state index >= 15 is 0 Å². The van der Waals surface area contributed by atoms with Gasteiger partial charge >= 0.3 is 6.09 Å². The molecular weight excluding hydrogens is 160 g/mol. The van der Waals surface area contributed by atoms with Crippen LogP contribution in [0.2, 0.25) is 0 Å². The number of hydrogen-bond acceptors (Lipinski definition) is 3. The molecule has 2 rings (SSSR count). The van der Waals surface area contributed by atoms with E-state index in [-0.39, 0.29) is 0 Å². The number of rotatable bonds is 1. The van der Waals surface area contributed by atoms with Crippen LogP contribution in [0.3, 0.4) is 0 Å². The van der Waals surface area contributed by atoms with Crippen molar-refractivity contribution in [3.63, 3.8) is 0 Å². The summed E-state index contributed by atoms with van der Waals surface area (Å²) in [5, 5.41) is 19.8. The van der Waals surface area contributed by atoms with Gasteiger partial charge in [0, 0.05) is 25.2 Å².